The van der Waals surface area contributed by atoms with Crippen LogP contribution in [0, 0.1) is 5.92 Å². The molecule has 4 rings (SSSR count). The third-order valence-corrected chi connectivity index (χ3v) is 6.71. The van der Waals surface area contributed by atoms with Crippen LogP contribution in [0.2, 0.25) is 0 Å². The van der Waals surface area contributed by atoms with Crippen molar-refractivity contribution in [1.82, 2.24) is 0 Å². The molecule has 1 aliphatic heterocycles. The molecule has 1 aromatic rings. The highest BCUT2D eigenvalue weighted by molar-refractivity contribution is 9.10. The molecule has 148 valence electrons. The van der Waals surface area contributed by atoms with E-state index in [9.17, 15) is 9.59 Å². The SMILES string of the molecule is CC1=C(C(=O)OC2CCCCC2)C(c2ccc(Br)cc2)C2C(=O)CCCC2=N1. The average molecular weight is 444 g/mol. The Balaban J connectivity index is 1.72. The zero-order valence-corrected chi connectivity index (χ0v) is 17.8. The normalized spacial score (nSPS) is 25.9. The minimum Gasteiger partial charge on any atom is -0.459 e. The van der Waals surface area contributed by atoms with Crippen LogP contribution in [0.1, 0.15) is 69.8 Å². The van der Waals surface area contributed by atoms with Crippen LogP contribution < -0.4 is 0 Å². The summed E-state index contributed by atoms with van der Waals surface area (Å²) < 4.78 is 6.88. The summed E-state index contributed by atoms with van der Waals surface area (Å²) in [7, 11) is 0. The van der Waals surface area contributed by atoms with Gasteiger partial charge in [-0.25, -0.2) is 4.79 Å². The number of fused-ring (bicyclic) bond motifs is 1. The van der Waals surface area contributed by atoms with Gasteiger partial charge < -0.3 is 4.74 Å². The van der Waals surface area contributed by atoms with E-state index in [0.717, 1.165) is 54.3 Å². The maximum atomic E-state index is 13.2. The molecule has 0 radical (unpaired) electrons. The van der Waals surface area contributed by atoms with Crippen LogP contribution in [0.3, 0.4) is 0 Å². The number of nitrogens with zero attached hydrogens (tertiary/aromatic N) is 1. The van der Waals surface area contributed by atoms with Crippen LogP contribution in [0.5, 0.6) is 0 Å². The van der Waals surface area contributed by atoms with Gasteiger partial charge in [-0.15, -0.1) is 0 Å². The number of Topliss-reactive ketones (excluding diaryl/α,β-unsaturated/α-hetero) is 1. The Kier molecular flexibility index (Phi) is 5.81. The summed E-state index contributed by atoms with van der Waals surface area (Å²) in [4.78, 5) is 30.8. The number of benzene rings is 1. The predicted molar refractivity (Wildman–Crippen MR) is 112 cm³/mol. The van der Waals surface area contributed by atoms with Gasteiger partial charge in [-0.05, 0) is 63.1 Å². The van der Waals surface area contributed by atoms with Crippen molar-refractivity contribution in [3.05, 3.63) is 45.6 Å². The number of carbonyl (C=O) groups excluding carboxylic acids is 2. The monoisotopic (exact) mass is 443 g/mol. The summed E-state index contributed by atoms with van der Waals surface area (Å²) in [5.74, 6) is -0.746. The van der Waals surface area contributed by atoms with Gasteiger partial charge in [0.15, 0.2) is 0 Å². The van der Waals surface area contributed by atoms with Crippen LogP contribution in [-0.2, 0) is 14.3 Å². The van der Waals surface area contributed by atoms with Crippen molar-refractivity contribution in [2.45, 2.75) is 70.3 Å². The standard InChI is InChI=1S/C23H26BrNO3/c1-14-20(23(27)28-17-6-3-2-4-7-17)21(15-10-12-16(24)13-11-15)22-18(25-14)8-5-9-19(22)26/h10-13,17,21-22H,2-9H2,1H3. The van der Waals surface area contributed by atoms with Crippen molar-refractivity contribution < 1.29 is 14.3 Å². The number of halogens is 1. The van der Waals surface area contributed by atoms with E-state index in [0.29, 0.717) is 17.7 Å². The number of esters is 1. The van der Waals surface area contributed by atoms with E-state index in [2.05, 4.69) is 15.9 Å². The van der Waals surface area contributed by atoms with Crippen LogP contribution >= 0.6 is 15.9 Å². The summed E-state index contributed by atoms with van der Waals surface area (Å²) in [5, 5.41) is 0. The van der Waals surface area contributed by atoms with E-state index >= 15 is 0 Å². The van der Waals surface area contributed by atoms with E-state index in [1.165, 1.54) is 6.42 Å². The highest BCUT2D eigenvalue weighted by Crippen LogP contribution is 2.43. The van der Waals surface area contributed by atoms with Gasteiger partial charge in [0, 0.05) is 28.2 Å². The van der Waals surface area contributed by atoms with Gasteiger partial charge >= 0.3 is 5.97 Å². The van der Waals surface area contributed by atoms with Crippen LogP contribution in [0.15, 0.2) is 45.0 Å². The van der Waals surface area contributed by atoms with Crippen molar-refractivity contribution in [3.8, 4) is 0 Å². The first-order valence-corrected chi connectivity index (χ1v) is 11.1. The summed E-state index contributed by atoms with van der Waals surface area (Å²) in [6.45, 7) is 1.88. The number of hydrogen-bond acceptors (Lipinski definition) is 4. The van der Waals surface area contributed by atoms with E-state index in [4.69, 9.17) is 9.73 Å². The first-order chi connectivity index (χ1) is 13.5. The van der Waals surface area contributed by atoms with Crippen molar-refractivity contribution in [1.29, 1.82) is 0 Å². The van der Waals surface area contributed by atoms with Gasteiger partial charge in [0.1, 0.15) is 11.9 Å². The number of ketones is 1. The summed E-state index contributed by atoms with van der Waals surface area (Å²) in [5.41, 5.74) is 3.17. The first-order valence-electron chi connectivity index (χ1n) is 10.3. The molecule has 2 atom stereocenters. The molecule has 2 fully saturated rings. The van der Waals surface area contributed by atoms with Crippen molar-refractivity contribution >= 4 is 33.4 Å². The van der Waals surface area contributed by atoms with Crippen LogP contribution in [0.4, 0.5) is 0 Å². The summed E-state index contributed by atoms with van der Waals surface area (Å²) in [6, 6.07) is 7.93. The minimum atomic E-state index is -0.340. The van der Waals surface area contributed by atoms with Crippen molar-refractivity contribution in [3.63, 3.8) is 0 Å². The van der Waals surface area contributed by atoms with Gasteiger partial charge in [0.05, 0.1) is 11.5 Å². The van der Waals surface area contributed by atoms with Gasteiger partial charge in [0.25, 0.3) is 0 Å². The lowest BCUT2D eigenvalue weighted by Gasteiger charge is -2.36. The minimum absolute atomic E-state index is 0.0143. The third-order valence-electron chi connectivity index (χ3n) is 6.18. The molecular weight excluding hydrogens is 418 g/mol. The fourth-order valence-electron chi connectivity index (χ4n) is 4.81. The van der Waals surface area contributed by atoms with Gasteiger partial charge in [0.2, 0.25) is 0 Å². The Bertz CT molecular complexity index is 834. The molecule has 0 bridgehead atoms. The van der Waals surface area contributed by atoms with Crippen molar-refractivity contribution in [2.75, 3.05) is 0 Å². The van der Waals surface area contributed by atoms with E-state index in [1.807, 2.05) is 31.2 Å². The highest BCUT2D eigenvalue weighted by atomic mass is 79.9. The molecule has 0 N–H and O–H groups in total. The lowest BCUT2D eigenvalue weighted by atomic mass is 9.69. The lowest BCUT2D eigenvalue weighted by Crippen LogP contribution is -2.39. The third kappa shape index (κ3) is 3.86. The van der Waals surface area contributed by atoms with E-state index < -0.39 is 0 Å². The molecule has 4 nitrogen and oxygen atoms in total. The fraction of sp³-hybridized carbons (Fsp3) is 0.522. The predicted octanol–water partition coefficient (Wildman–Crippen LogP) is 5.51. The molecule has 2 unspecified atom stereocenters. The summed E-state index contributed by atoms with van der Waals surface area (Å²) in [6.07, 6.45) is 7.49. The quantitative estimate of drug-likeness (QED) is 0.578. The van der Waals surface area contributed by atoms with Crippen LogP contribution in [-0.4, -0.2) is 23.6 Å². The largest absolute Gasteiger partial charge is 0.459 e. The molecule has 2 saturated carbocycles. The molecule has 28 heavy (non-hydrogen) atoms. The average Bonchev–Trinajstić information content (AvgIpc) is 2.68. The molecular formula is C23H26BrNO3. The van der Waals surface area contributed by atoms with Gasteiger partial charge in [-0.1, -0.05) is 34.5 Å². The Morgan fingerprint density at radius 2 is 1.75 bits per heavy atom. The maximum Gasteiger partial charge on any atom is 0.336 e. The highest BCUT2D eigenvalue weighted by Gasteiger charge is 2.44. The topological polar surface area (TPSA) is 55.7 Å². The molecule has 2 aliphatic carbocycles. The number of aliphatic imine (C=N–C) groups is 1. The molecule has 1 aromatic carbocycles. The number of hydrogen-bond donors (Lipinski definition) is 0. The second-order valence-electron chi connectivity index (χ2n) is 8.09. The molecule has 0 aromatic heterocycles. The second kappa shape index (κ2) is 8.32. The second-order valence-corrected chi connectivity index (χ2v) is 9.01. The van der Waals surface area contributed by atoms with Crippen LogP contribution in [0.25, 0.3) is 0 Å². The number of carbonyl (C=O) groups is 2. The Morgan fingerprint density at radius 3 is 2.46 bits per heavy atom. The molecule has 0 saturated heterocycles. The van der Waals surface area contributed by atoms with Gasteiger partial charge in [-0.3, -0.25) is 9.79 Å². The molecule has 5 heteroatoms. The van der Waals surface area contributed by atoms with Crippen molar-refractivity contribution in [2.24, 2.45) is 10.9 Å². The Morgan fingerprint density at radius 1 is 1.04 bits per heavy atom. The zero-order chi connectivity index (χ0) is 19.7. The zero-order valence-electron chi connectivity index (χ0n) is 16.2. The maximum absolute atomic E-state index is 13.2. The molecule has 3 aliphatic rings. The Hall–Kier alpha value is -1.75. The number of allylic oxidation sites excluding steroid dienone is 1. The van der Waals surface area contributed by atoms with Gasteiger partial charge in [-0.2, -0.15) is 0 Å². The molecule has 1 heterocycles. The fourth-order valence-corrected chi connectivity index (χ4v) is 5.08. The first kappa shape index (κ1) is 19.6. The molecule has 0 spiro atoms. The summed E-state index contributed by atoms with van der Waals surface area (Å²) >= 11 is 3.48. The van der Waals surface area contributed by atoms with E-state index in [-0.39, 0.29) is 29.7 Å². The van der Waals surface area contributed by atoms with E-state index in [1.54, 1.807) is 0 Å². The lowest BCUT2D eigenvalue weighted by molar-refractivity contribution is -0.146. The Labute approximate surface area is 174 Å². The molecule has 0 amide bonds. The smallest absolute Gasteiger partial charge is 0.336 e. The number of ether oxygens (including phenoxy) is 1. The number of rotatable bonds is 3.